The monoisotopic (exact) mass is 365 g/mol. The van der Waals surface area contributed by atoms with Gasteiger partial charge in [0.2, 0.25) is 0 Å². The predicted octanol–water partition coefficient (Wildman–Crippen LogP) is 3.01. The van der Waals surface area contributed by atoms with E-state index in [0.29, 0.717) is 6.61 Å². The van der Waals surface area contributed by atoms with Gasteiger partial charge in [-0.05, 0) is 57.7 Å². The first kappa shape index (κ1) is 22.1. The predicted molar refractivity (Wildman–Crippen MR) is 108 cm³/mol. The summed E-state index contributed by atoms with van der Waals surface area (Å²) in [5, 5.41) is 6.62. The third kappa shape index (κ3) is 8.94. The lowest BCUT2D eigenvalue weighted by Gasteiger charge is -2.12. The lowest BCUT2D eigenvalue weighted by atomic mass is 10.1. The van der Waals surface area contributed by atoms with Crippen molar-refractivity contribution in [2.24, 2.45) is 4.99 Å². The SMILES string of the molecule is CCNC(=NCCCc1ccc(OC)c(OCC)c1)NCCCOCC. The Morgan fingerprint density at radius 1 is 1.04 bits per heavy atom. The van der Waals surface area contributed by atoms with Crippen LogP contribution in [0.2, 0.25) is 0 Å². The summed E-state index contributed by atoms with van der Waals surface area (Å²) in [5.74, 6) is 2.45. The highest BCUT2D eigenvalue weighted by Gasteiger charge is 2.05. The lowest BCUT2D eigenvalue weighted by molar-refractivity contribution is 0.145. The van der Waals surface area contributed by atoms with E-state index in [-0.39, 0.29) is 0 Å². The Balaban J connectivity index is 2.43. The molecule has 148 valence electrons. The number of guanidine groups is 1. The van der Waals surface area contributed by atoms with E-state index in [1.807, 2.05) is 19.9 Å². The van der Waals surface area contributed by atoms with Crippen molar-refractivity contribution >= 4 is 5.96 Å². The van der Waals surface area contributed by atoms with Gasteiger partial charge in [0.15, 0.2) is 17.5 Å². The maximum Gasteiger partial charge on any atom is 0.191 e. The number of nitrogens with zero attached hydrogens (tertiary/aromatic N) is 1. The van der Waals surface area contributed by atoms with Crippen molar-refractivity contribution in [3.05, 3.63) is 23.8 Å². The van der Waals surface area contributed by atoms with Crippen LogP contribution in [0.15, 0.2) is 23.2 Å². The van der Waals surface area contributed by atoms with E-state index in [1.165, 1.54) is 5.56 Å². The number of benzene rings is 1. The zero-order valence-corrected chi connectivity index (χ0v) is 16.8. The smallest absolute Gasteiger partial charge is 0.191 e. The fourth-order valence-corrected chi connectivity index (χ4v) is 2.49. The molecule has 0 bridgehead atoms. The van der Waals surface area contributed by atoms with Crippen LogP contribution in [0.5, 0.6) is 11.5 Å². The van der Waals surface area contributed by atoms with Gasteiger partial charge in [-0.1, -0.05) is 6.07 Å². The molecule has 2 N–H and O–H groups in total. The van der Waals surface area contributed by atoms with Crippen LogP contribution in [0.25, 0.3) is 0 Å². The molecule has 0 aliphatic heterocycles. The molecule has 1 rings (SSSR count). The Morgan fingerprint density at radius 2 is 1.88 bits per heavy atom. The number of hydrogen-bond donors (Lipinski definition) is 2. The van der Waals surface area contributed by atoms with E-state index in [4.69, 9.17) is 14.2 Å². The van der Waals surface area contributed by atoms with Crippen molar-refractivity contribution in [1.82, 2.24) is 10.6 Å². The molecule has 1 aromatic rings. The average Bonchev–Trinajstić information content (AvgIpc) is 2.65. The van der Waals surface area contributed by atoms with E-state index in [0.717, 1.165) is 69.6 Å². The van der Waals surface area contributed by atoms with Gasteiger partial charge in [-0.15, -0.1) is 0 Å². The van der Waals surface area contributed by atoms with E-state index < -0.39 is 0 Å². The quantitative estimate of drug-likeness (QED) is 0.320. The van der Waals surface area contributed by atoms with Gasteiger partial charge < -0.3 is 24.8 Å². The van der Waals surface area contributed by atoms with Gasteiger partial charge in [-0.3, -0.25) is 4.99 Å². The second-order valence-corrected chi connectivity index (χ2v) is 5.76. The van der Waals surface area contributed by atoms with E-state index >= 15 is 0 Å². The van der Waals surface area contributed by atoms with Crippen LogP contribution in [-0.2, 0) is 11.2 Å². The third-order valence-corrected chi connectivity index (χ3v) is 3.73. The molecule has 0 aromatic heterocycles. The molecule has 0 saturated carbocycles. The van der Waals surface area contributed by atoms with Crippen LogP contribution < -0.4 is 20.1 Å². The first-order valence-electron chi connectivity index (χ1n) is 9.64. The maximum atomic E-state index is 5.63. The maximum absolute atomic E-state index is 5.63. The molecule has 0 saturated heterocycles. The third-order valence-electron chi connectivity index (χ3n) is 3.73. The zero-order chi connectivity index (χ0) is 19.0. The molecule has 0 radical (unpaired) electrons. The molecule has 0 fully saturated rings. The topological polar surface area (TPSA) is 64.1 Å². The van der Waals surface area contributed by atoms with Crippen LogP contribution in [0.1, 0.15) is 39.2 Å². The van der Waals surface area contributed by atoms with Gasteiger partial charge in [-0.2, -0.15) is 0 Å². The summed E-state index contributed by atoms with van der Waals surface area (Å²) in [7, 11) is 1.66. The number of hydrogen-bond acceptors (Lipinski definition) is 4. The van der Waals surface area contributed by atoms with Gasteiger partial charge in [0.1, 0.15) is 0 Å². The Morgan fingerprint density at radius 3 is 2.58 bits per heavy atom. The number of aryl methyl sites for hydroxylation is 1. The van der Waals surface area contributed by atoms with Crippen molar-refractivity contribution < 1.29 is 14.2 Å². The van der Waals surface area contributed by atoms with Crippen LogP contribution in [0.3, 0.4) is 0 Å². The molecule has 0 heterocycles. The summed E-state index contributed by atoms with van der Waals surface area (Å²) in [6, 6.07) is 6.11. The molecular formula is C20H35N3O3. The van der Waals surface area contributed by atoms with Gasteiger partial charge >= 0.3 is 0 Å². The van der Waals surface area contributed by atoms with Gasteiger partial charge in [0.25, 0.3) is 0 Å². The Bertz CT molecular complexity index is 521. The molecule has 0 spiro atoms. The molecule has 0 aliphatic rings. The second-order valence-electron chi connectivity index (χ2n) is 5.76. The largest absolute Gasteiger partial charge is 0.493 e. The molecule has 26 heavy (non-hydrogen) atoms. The molecule has 6 heteroatoms. The fourth-order valence-electron chi connectivity index (χ4n) is 2.49. The summed E-state index contributed by atoms with van der Waals surface area (Å²) in [6.07, 6.45) is 2.91. The Labute approximate surface area is 158 Å². The van der Waals surface area contributed by atoms with Crippen LogP contribution in [0, 0.1) is 0 Å². The van der Waals surface area contributed by atoms with Crippen molar-refractivity contribution in [1.29, 1.82) is 0 Å². The van der Waals surface area contributed by atoms with Crippen LogP contribution in [-0.4, -0.2) is 52.5 Å². The lowest BCUT2D eigenvalue weighted by Crippen LogP contribution is -2.38. The van der Waals surface area contributed by atoms with E-state index in [1.54, 1.807) is 7.11 Å². The summed E-state index contributed by atoms with van der Waals surface area (Å²) < 4.78 is 16.3. The molecule has 0 atom stereocenters. The van der Waals surface area contributed by atoms with Crippen molar-refractivity contribution in [2.75, 3.05) is 46.6 Å². The van der Waals surface area contributed by atoms with Crippen molar-refractivity contribution in [3.63, 3.8) is 0 Å². The average molecular weight is 366 g/mol. The highest BCUT2D eigenvalue weighted by molar-refractivity contribution is 5.79. The first-order chi connectivity index (χ1) is 12.7. The summed E-state index contributed by atoms with van der Waals surface area (Å²) in [4.78, 5) is 4.64. The summed E-state index contributed by atoms with van der Waals surface area (Å²) >= 11 is 0. The molecular weight excluding hydrogens is 330 g/mol. The molecule has 1 aromatic carbocycles. The standard InChI is InChI=1S/C20H35N3O3/c1-5-21-20(23-14-9-15-25-6-2)22-13-8-10-17-11-12-18(24-4)19(16-17)26-7-3/h11-12,16H,5-10,13-15H2,1-4H3,(H2,21,22,23). The van der Waals surface area contributed by atoms with E-state index in [2.05, 4.69) is 34.7 Å². The summed E-state index contributed by atoms with van der Waals surface area (Å²) in [5.41, 5.74) is 1.24. The van der Waals surface area contributed by atoms with Gasteiger partial charge in [0, 0.05) is 32.8 Å². The van der Waals surface area contributed by atoms with Gasteiger partial charge in [0.05, 0.1) is 13.7 Å². The molecule has 0 unspecified atom stereocenters. The number of ether oxygens (including phenoxy) is 3. The molecule has 6 nitrogen and oxygen atoms in total. The van der Waals surface area contributed by atoms with Gasteiger partial charge in [-0.25, -0.2) is 0 Å². The first-order valence-corrected chi connectivity index (χ1v) is 9.64. The number of nitrogens with one attached hydrogen (secondary N) is 2. The van der Waals surface area contributed by atoms with Crippen molar-refractivity contribution in [2.45, 2.75) is 40.0 Å². The van der Waals surface area contributed by atoms with Crippen molar-refractivity contribution in [3.8, 4) is 11.5 Å². The number of rotatable bonds is 13. The summed E-state index contributed by atoms with van der Waals surface area (Å²) in [6.45, 7) is 10.7. The minimum Gasteiger partial charge on any atom is -0.493 e. The molecule has 0 amide bonds. The van der Waals surface area contributed by atoms with Crippen LogP contribution in [0.4, 0.5) is 0 Å². The number of methoxy groups -OCH3 is 1. The minimum atomic E-state index is 0.630. The highest BCUT2D eigenvalue weighted by Crippen LogP contribution is 2.28. The van der Waals surface area contributed by atoms with Crippen LogP contribution >= 0.6 is 0 Å². The Hall–Kier alpha value is -1.95. The highest BCUT2D eigenvalue weighted by atomic mass is 16.5. The molecule has 0 aliphatic carbocycles. The normalized spacial score (nSPS) is 11.3. The number of aliphatic imine (C=N–C) groups is 1. The van der Waals surface area contributed by atoms with E-state index in [9.17, 15) is 0 Å². The zero-order valence-electron chi connectivity index (χ0n) is 16.8. The minimum absolute atomic E-state index is 0.630. The fraction of sp³-hybridized carbons (Fsp3) is 0.650. The second kappa shape index (κ2) is 14.2. The Kier molecular flexibility index (Phi) is 12.1.